The number of anilines is 1. The van der Waals surface area contributed by atoms with Gasteiger partial charge in [-0.05, 0) is 30.7 Å². The second-order valence-electron chi connectivity index (χ2n) is 5.20. The summed E-state index contributed by atoms with van der Waals surface area (Å²) in [7, 11) is 0. The molecule has 0 spiro atoms. The number of thiazole rings is 1. The van der Waals surface area contributed by atoms with Gasteiger partial charge in [0.1, 0.15) is 0 Å². The first-order valence-electron chi connectivity index (χ1n) is 7.25. The first kappa shape index (κ1) is 15.8. The van der Waals surface area contributed by atoms with Crippen molar-refractivity contribution >= 4 is 44.9 Å². The van der Waals surface area contributed by atoms with E-state index < -0.39 is 0 Å². The van der Waals surface area contributed by atoms with Crippen molar-refractivity contribution in [3.63, 3.8) is 0 Å². The van der Waals surface area contributed by atoms with E-state index in [1.165, 1.54) is 11.8 Å². The number of thioether (sulfide) groups is 1. The van der Waals surface area contributed by atoms with Crippen molar-refractivity contribution in [3.05, 3.63) is 54.1 Å². The number of nitrogens with one attached hydrogen (secondary N) is 1. The van der Waals surface area contributed by atoms with Gasteiger partial charge in [-0.1, -0.05) is 42.1 Å². The van der Waals surface area contributed by atoms with Crippen LogP contribution in [-0.2, 0) is 4.79 Å². The Bertz CT molecular complexity index is 817. The number of nitrogen functional groups attached to an aromatic ring is 1. The summed E-state index contributed by atoms with van der Waals surface area (Å²) in [5.41, 5.74) is 8.52. The summed E-state index contributed by atoms with van der Waals surface area (Å²) in [5.74, 6) is 0.358. The van der Waals surface area contributed by atoms with Gasteiger partial charge in [0.25, 0.3) is 0 Å². The molecule has 118 valence electrons. The van der Waals surface area contributed by atoms with Crippen LogP contribution in [0, 0.1) is 0 Å². The Kier molecular flexibility index (Phi) is 4.83. The Morgan fingerprint density at radius 1 is 1.30 bits per heavy atom. The second kappa shape index (κ2) is 7.02. The molecule has 3 rings (SSSR count). The Hall–Kier alpha value is -2.05. The third kappa shape index (κ3) is 4.03. The third-order valence-corrected chi connectivity index (χ3v) is 5.56. The molecule has 23 heavy (non-hydrogen) atoms. The van der Waals surface area contributed by atoms with Gasteiger partial charge in [-0.3, -0.25) is 4.79 Å². The number of fused-ring (bicyclic) bond motifs is 1. The van der Waals surface area contributed by atoms with Crippen LogP contribution < -0.4 is 11.1 Å². The van der Waals surface area contributed by atoms with Crippen LogP contribution in [0.2, 0.25) is 0 Å². The normalized spacial score (nSPS) is 12.2. The fraction of sp³-hybridized carbons (Fsp3) is 0.176. The van der Waals surface area contributed by atoms with Gasteiger partial charge in [0.15, 0.2) is 4.34 Å². The predicted molar refractivity (Wildman–Crippen MR) is 97.8 cm³/mol. The summed E-state index contributed by atoms with van der Waals surface area (Å²) in [6.45, 7) is 1.98. The summed E-state index contributed by atoms with van der Waals surface area (Å²) in [6, 6.07) is 15.6. The standard InChI is InChI=1S/C17H17N3OS2/c1-11(12-5-3-2-4-6-12)19-16(21)10-22-17-20-14-8-7-13(18)9-15(14)23-17/h2-9,11H,10,18H2,1H3,(H,19,21)/t11-/m1/s1. The molecule has 0 aliphatic heterocycles. The number of hydrogen-bond donors (Lipinski definition) is 2. The minimum Gasteiger partial charge on any atom is -0.399 e. The lowest BCUT2D eigenvalue weighted by Gasteiger charge is -2.13. The molecule has 3 N–H and O–H groups in total. The largest absolute Gasteiger partial charge is 0.399 e. The first-order valence-corrected chi connectivity index (χ1v) is 9.05. The van der Waals surface area contributed by atoms with E-state index in [1.54, 1.807) is 11.3 Å². The summed E-state index contributed by atoms with van der Waals surface area (Å²) in [4.78, 5) is 16.6. The number of carbonyl (C=O) groups excluding carboxylic acids is 1. The van der Waals surface area contributed by atoms with Gasteiger partial charge >= 0.3 is 0 Å². The maximum atomic E-state index is 12.1. The molecule has 1 heterocycles. The smallest absolute Gasteiger partial charge is 0.230 e. The topological polar surface area (TPSA) is 68.0 Å². The number of amides is 1. The predicted octanol–water partition coefficient (Wildman–Crippen LogP) is 3.85. The van der Waals surface area contributed by atoms with Crippen LogP contribution in [0.4, 0.5) is 5.69 Å². The van der Waals surface area contributed by atoms with Crippen molar-refractivity contribution in [1.82, 2.24) is 10.3 Å². The molecule has 2 aromatic carbocycles. The minimum atomic E-state index is -0.000495. The highest BCUT2D eigenvalue weighted by Crippen LogP contribution is 2.30. The van der Waals surface area contributed by atoms with Gasteiger partial charge in [-0.25, -0.2) is 4.98 Å². The monoisotopic (exact) mass is 343 g/mol. The fourth-order valence-corrected chi connectivity index (χ4v) is 4.15. The number of hydrogen-bond acceptors (Lipinski definition) is 5. The van der Waals surface area contributed by atoms with E-state index in [0.717, 1.165) is 25.8 Å². The minimum absolute atomic E-state index is 0.000495. The van der Waals surface area contributed by atoms with E-state index in [-0.39, 0.29) is 11.9 Å². The molecule has 1 aromatic heterocycles. The number of aromatic nitrogens is 1. The van der Waals surface area contributed by atoms with Crippen molar-refractivity contribution < 1.29 is 4.79 Å². The van der Waals surface area contributed by atoms with Crippen LogP contribution in [0.15, 0.2) is 52.9 Å². The highest BCUT2D eigenvalue weighted by Gasteiger charge is 2.11. The lowest BCUT2D eigenvalue weighted by Crippen LogP contribution is -2.28. The number of nitrogens with zero attached hydrogens (tertiary/aromatic N) is 1. The van der Waals surface area contributed by atoms with E-state index in [9.17, 15) is 4.79 Å². The molecule has 6 heteroatoms. The number of benzene rings is 2. The summed E-state index contributed by atoms with van der Waals surface area (Å²) >= 11 is 3.01. The molecule has 0 bridgehead atoms. The zero-order chi connectivity index (χ0) is 16.2. The molecule has 0 radical (unpaired) electrons. The highest BCUT2D eigenvalue weighted by molar-refractivity contribution is 8.01. The number of rotatable bonds is 5. The Morgan fingerprint density at radius 3 is 2.87 bits per heavy atom. The summed E-state index contributed by atoms with van der Waals surface area (Å²) in [5, 5.41) is 3.01. The van der Waals surface area contributed by atoms with Gasteiger partial charge in [0.2, 0.25) is 5.91 Å². The van der Waals surface area contributed by atoms with Gasteiger partial charge in [-0.2, -0.15) is 0 Å². The molecule has 3 aromatic rings. The van der Waals surface area contributed by atoms with Crippen molar-refractivity contribution in [1.29, 1.82) is 0 Å². The van der Waals surface area contributed by atoms with E-state index >= 15 is 0 Å². The van der Waals surface area contributed by atoms with Crippen LogP contribution in [-0.4, -0.2) is 16.6 Å². The molecule has 0 aliphatic carbocycles. The maximum Gasteiger partial charge on any atom is 0.230 e. The second-order valence-corrected chi connectivity index (χ2v) is 7.45. The van der Waals surface area contributed by atoms with Crippen LogP contribution in [0.5, 0.6) is 0 Å². The van der Waals surface area contributed by atoms with Crippen LogP contribution in [0.1, 0.15) is 18.5 Å². The van der Waals surface area contributed by atoms with Crippen LogP contribution in [0.3, 0.4) is 0 Å². The molecule has 0 saturated heterocycles. The van der Waals surface area contributed by atoms with Gasteiger partial charge in [0.05, 0.1) is 22.0 Å². The SMILES string of the molecule is C[C@@H](NC(=O)CSc1nc2ccc(N)cc2s1)c1ccccc1. The van der Waals surface area contributed by atoms with Gasteiger partial charge < -0.3 is 11.1 Å². The maximum absolute atomic E-state index is 12.1. The Labute approximate surface area is 143 Å². The zero-order valence-corrected chi connectivity index (χ0v) is 14.3. The van der Waals surface area contributed by atoms with Crippen molar-refractivity contribution in [2.45, 2.75) is 17.3 Å². The molecular formula is C17H17N3OS2. The molecule has 0 saturated carbocycles. The lowest BCUT2D eigenvalue weighted by atomic mass is 10.1. The van der Waals surface area contributed by atoms with Gasteiger partial charge in [0, 0.05) is 5.69 Å². The van der Waals surface area contributed by atoms with E-state index in [1.807, 2.05) is 55.5 Å². The molecule has 4 nitrogen and oxygen atoms in total. The van der Waals surface area contributed by atoms with E-state index in [4.69, 9.17) is 5.73 Å². The third-order valence-electron chi connectivity index (χ3n) is 3.40. The van der Waals surface area contributed by atoms with Gasteiger partial charge in [-0.15, -0.1) is 11.3 Å². The van der Waals surface area contributed by atoms with Crippen LogP contribution in [0.25, 0.3) is 10.2 Å². The number of nitrogens with two attached hydrogens (primary N) is 1. The molecule has 0 fully saturated rings. The molecule has 0 unspecified atom stereocenters. The van der Waals surface area contributed by atoms with Crippen molar-refractivity contribution in [2.75, 3.05) is 11.5 Å². The average molecular weight is 343 g/mol. The lowest BCUT2D eigenvalue weighted by molar-refractivity contribution is -0.119. The van der Waals surface area contributed by atoms with Crippen molar-refractivity contribution in [2.24, 2.45) is 0 Å². The molecule has 1 amide bonds. The Balaban J connectivity index is 1.57. The fourth-order valence-electron chi connectivity index (χ4n) is 2.22. The molecule has 1 atom stereocenters. The van der Waals surface area contributed by atoms with E-state index in [2.05, 4.69) is 10.3 Å². The van der Waals surface area contributed by atoms with Crippen LogP contribution >= 0.6 is 23.1 Å². The molecular weight excluding hydrogens is 326 g/mol. The summed E-state index contributed by atoms with van der Waals surface area (Å²) in [6.07, 6.45) is 0. The average Bonchev–Trinajstić information content (AvgIpc) is 2.95. The zero-order valence-electron chi connectivity index (χ0n) is 12.7. The highest BCUT2D eigenvalue weighted by atomic mass is 32.2. The summed E-state index contributed by atoms with van der Waals surface area (Å²) < 4.78 is 1.93. The first-order chi connectivity index (χ1) is 11.1. The Morgan fingerprint density at radius 2 is 2.09 bits per heavy atom. The van der Waals surface area contributed by atoms with Crippen molar-refractivity contribution in [3.8, 4) is 0 Å². The van der Waals surface area contributed by atoms with E-state index in [0.29, 0.717) is 5.75 Å². The molecule has 0 aliphatic rings. The quantitative estimate of drug-likeness (QED) is 0.545. The number of carbonyl (C=O) groups is 1.